The van der Waals surface area contributed by atoms with Gasteiger partial charge < -0.3 is 0 Å². The van der Waals surface area contributed by atoms with Crippen molar-refractivity contribution in [3.8, 4) is 28.1 Å². The molecule has 7 aromatic carbocycles. The van der Waals surface area contributed by atoms with E-state index in [1.165, 1.54) is 49.0 Å². The summed E-state index contributed by atoms with van der Waals surface area (Å²) in [7, 11) is 0. The predicted molar refractivity (Wildman–Crippen MR) is 188 cm³/mol. The first-order chi connectivity index (χ1) is 22.3. The molecule has 0 radical (unpaired) electrons. The van der Waals surface area contributed by atoms with Gasteiger partial charge in [0.1, 0.15) is 5.82 Å². The molecule has 45 heavy (non-hydrogen) atoms. The monoisotopic (exact) mass is 571 g/mol. The molecule has 2 heterocycles. The number of hydrogen-bond acceptors (Lipinski definition) is 1. The molecule has 0 aliphatic carbocycles. The second-order valence-corrected chi connectivity index (χ2v) is 11.4. The summed E-state index contributed by atoms with van der Waals surface area (Å²) in [5.41, 5.74) is 7.59. The molecule has 0 amide bonds. The van der Waals surface area contributed by atoms with Crippen molar-refractivity contribution in [2.75, 3.05) is 0 Å². The molecule has 208 valence electrons. The van der Waals surface area contributed by atoms with E-state index in [9.17, 15) is 0 Å². The Morgan fingerprint density at radius 2 is 1.09 bits per heavy atom. The van der Waals surface area contributed by atoms with Gasteiger partial charge in [-0.05, 0) is 96.4 Å². The molecule has 0 bridgehead atoms. The highest BCUT2D eigenvalue weighted by Gasteiger charge is 2.20. The fraction of sp³-hybridized carbons (Fsp3) is 0. The highest BCUT2D eigenvalue weighted by atomic mass is 15.1. The number of aromatic nitrogens is 2. The van der Waals surface area contributed by atoms with Crippen LogP contribution in [0.4, 0.5) is 5.69 Å². The summed E-state index contributed by atoms with van der Waals surface area (Å²) < 4.78 is 2.20. The van der Waals surface area contributed by atoms with E-state index < -0.39 is 0 Å². The molecule has 0 aliphatic rings. The second kappa shape index (κ2) is 9.91. The minimum atomic E-state index is 0.628. The fourth-order valence-corrected chi connectivity index (χ4v) is 7.14. The van der Waals surface area contributed by atoms with Gasteiger partial charge in [-0.15, -0.1) is 0 Å². The molecule has 0 spiro atoms. The summed E-state index contributed by atoms with van der Waals surface area (Å²) in [6.45, 7) is 7.70. The van der Waals surface area contributed by atoms with Crippen LogP contribution in [0.15, 0.2) is 152 Å². The molecule has 0 fully saturated rings. The van der Waals surface area contributed by atoms with Crippen LogP contribution < -0.4 is 0 Å². The average Bonchev–Trinajstić information content (AvgIpc) is 3.43. The summed E-state index contributed by atoms with van der Waals surface area (Å²) in [6, 6.07) is 51.5. The molecule has 0 saturated carbocycles. The molecule has 0 N–H and O–H groups in total. The molecule has 0 aliphatic heterocycles. The van der Waals surface area contributed by atoms with Gasteiger partial charge in [-0.3, -0.25) is 4.57 Å². The van der Waals surface area contributed by atoms with E-state index in [1.54, 1.807) is 0 Å². The molecule has 2 aromatic heterocycles. The number of hydrogen-bond donors (Lipinski definition) is 0. The van der Waals surface area contributed by atoms with Crippen LogP contribution >= 0.6 is 0 Å². The first-order valence-corrected chi connectivity index (χ1v) is 15.1. The van der Waals surface area contributed by atoms with Crippen LogP contribution in [0.2, 0.25) is 0 Å². The molecule has 0 atom stereocenters. The predicted octanol–water partition coefficient (Wildman–Crippen LogP) is 11.5. The Bertz CT molecular complexity index is 2600. The standard InChI is InChI=1S/C42H25N3/c1-43-29-21-23-39-37(26-29)36-25-28(20-22-38(36)45(39)40-19-8-9-24-44-40)41-32-14-4-6-16-34(32)42(35-17-7-5-15-33(35)41)31-18-10-12-27-11-2-3-13-30(27)31/h2-26H. The average molecular weight is 572 g/mol. The van der Waals surface area contributed by atoms with Crippen molar-refractivity contribution in [2.24, 2.45) is 0 Å². The van der Waals surface area contributed by atoms with Crippen molar-refractivity contribution in [3.63, 3.8) is 0 Å². The lowest BCUT2D eigenvalue weighted by Crippen LogP contribution is -1.96. The van der Waals surface area contributed by atoms with Crippen LogP contribution in [-0.4, -0.2) is 9.55 Å². The zero-order valence-electron chi connectivity index (χ0n) is 24.3. The molecular weight excluding hydrogens is 546 g/mol. The highest BCUT2D eigenvalue weighted by molar-refractivity contribution is 6.24. The maximum atomic E-state index is 7.70. The number of nitrogens with zero attached hydrogens (tertiary/aromatic N) is 3. The van der Waals surface area contributed by atoms with E-state index in [4.69, 9.17) is 6.57 Å². The van der Waals surface area contributed by atoms with E-state index in [2.05, 4.69) is 124 Å². The molecule has 0 saturated heterocycles. The lowest BCUT2D eigenvalue weighted by atomic mass is 9.84. The lowest BCUT2D eigenvalue weighted by molar-refractivity contribution is 1.08. The first-order valence-electron chi connectivity index (χ1n) is 15.1. The lowest BCUT2D eigenvalue weighted by Gasteiger charge is -2.19. The number of fused-ring (bicyclic) bond motifs is 6. The highest BCUT2D eigenvalue weighted by Crippen LogP contribution is 2.46. The van der Waals surface area contributed by atoms with Gasteiger partial charge in [0.2, 0.25) is 0 Å². The zero-order chi connectivity index (χ0) is 29.9. The summed E-state index contributed by atoms with van der Waals surface area (Å²) in [4.78, 5) is 8.45. The van der Waals surface area contributed by atoms with Gasteiger partial charge >= 0.3 is 0 Å². The van der Waals surface area contributed by atoms with Crippen LogP contribution in [0.1, 0.15) is 0 Å². The molecule has 9 aromatic rings. The zero-order valence-corrected chi connectivity index (χ0v) is 24.3. The van der Waals surface area contributed by atoms with Gasteiger partial charge in [0.15, 0.2) is 5.69 Å². The molecule has 9 rings (SSSR count). The topological polar surface area (TPSA) is 22.2 Å². The quantitative estimate of drug-likeness (QED) is 0.153. The van der Waals surface area contributed by atoms with Crippen LogP contribution in [0.3, 0.4) is 0 Å². The van der Waals surface area contributed by atoms with Gasteiger partial charge in [-0.25, -0.2) is 9.83 Å². The third kappa shape index (κ3) is 3.80. The third-order valence-electron chi connectivity index (χ3n) is 9.04. The van der Waals surface area contributed by atoms with Crippen LogP contribution in [0.5, 0.6) is 0 Å². The summed E-state index contributed by atoms with van der Waals surface area (Å²) in [6.07, 6.45) is 1.82. The third-order valence-corrected chi connectivity index (χ3v) is 9.04. The summed E-state index contributed by atoms with van der Waals surface area (Å²) in [5, 5.41) is 9.53. The van der Waals surface area contributed by atoms with Gasteiger partial charge in [0.05, 0.1) is 17.6 Å². The molecule has 0 unspecified atom stereocenters. The molecule has 3 nitrogen and oxygen atoms in total. The van der Waals surface area contributed by atoms with Gasteiger partial charge in [0, 0.05) is 11.6 Å². The number of benzene rings is 7. The van der Waals surface area contributed by atoms with E-state index in [0.29, 0.717) is 5.69 Å². The summed E-state index contributed by atoms with van der Waals surface area (Å²) in [5.74, 6) is 0.858. The summed E-state index contributed by atoms with van der Waals surface area (Å²) >= 11 is 0. The van der Waals surface area contributed by atoms with Gasteiger partial charge in [0.25, 0.3) is 0 Å². The normalized spacial score (nSPS) is 11.5. The Labute approximate surface area is 260 Å². The van der Waals surface area contributed by atoms with Crippen molar-refractivity contribution >= 4 is 59.8 Å². The molecular formula is C42H25N3. The second-order valence-electron chi connectivity index (χ2n) is 11.4. The number of pyridine rings is 1. The van der Waals surface area contributed by atoms with Gasteiger partial charge in [-0.2, -0.15) is 0 Å². The number of rotatable bonds is 3. The maximum absolute atomic E-state index is 7.70. The SMILES string of the molecule is [C-]#[N+]c1ccc2c(c1)c1cc(-c3c4ccccc4c(-c4cccc5ccccc45)c4ccccc34)ccc1n2-c1ccccn1. The van der Waals surface area contributed by atoms with Crippen LogP contribution in [-0.2, 0) is 0 Å². The van der Waals surface area contributed by atoms with Crippen LogP contribution in [0, 0.1) is 6.57 Å². The van der Waals surface area contributed by atoms with E-state index in [1.807, 2.05) is 42.6 Å². The van der Waals surface area contributed by atoms with E-state index >= 15 is 0 Å². The van der Waals surface area contributed by atoms with Crippen molar-refractivity contribution in [2.45, 2.75) is 0 Å². The van der Waals surface area contributed by atoms with Crippen molar-refractivity contribution in [1.29, 1.82) is 0 Å². The Balaban J connectivity index is 1.39. The Hall–Kier alpha value is -6.24. The Morgan fingerprint density at radius 1 is 0.489 bits per heavy atom. The van der Waals surface area contributed by atoms with E-state index in [-0.39, 0.29) is 0 Å². The van der Waals surface area contributed by atoms with Crippen molar-refractivity contribution in [1.82, 2.24) is 9.55 Å². The Morgan fingerprint density at radius 3 is 1.78 bits per heavy atom. The fourth-order valence-electron chi connectivity index (χ4n) is 7.14. The molecule has 3 heteroatoms. The van der Waals surface area contributed by atoms with Crippen molar-refractivity contribution < 1.29 is 0 Å². The Kier molecular flexibility index (Phi) is 5.57. The first kappa shape index (κ1) is 25.3. The van der Waals surface area contributed by atoms with E-state index in [0.717, 1.165) is 33.2 Å². The van der Waals surface area contributed by atoms with Crippen LogP contribution in [0.25, 0.3) is 87.0 Å². The minimum absolute atomic E-state index is 0.628. The van der Waals surface area contributed by atoms with Crippen molar-refractivity contribution in [3.05, 3.63) is 163 Å². The minimum Gasteiger partial charge on any atom is -0.294 e. The smallest absolute Gasteiger partial charge is 0.188 e. The largest absolute Gasteiger partial charge is 0.294 e. The maximum Gasteiger partial charge on any atom is 0.188 e. The van der Waals surface area contributed by atoms with Gasteiger partial charge in [-0.1, -0.05) is 109 Å².